The van der Waals surface area contributed by atoms with E-state index in [1.807, 2.05) is 0 Å². The van der Waals surface area contributed by atoms with Crippen LogP contribution in [0.4, 0.5) is 0 Å². The van der Waals surface area contributed by atoms with E-state index in [1.165, 1.54) is 89.9 Å². The molecule has 3 nitrogen and oxygen atoms in total. The van der Waals surface area contributed by atoms with Crippen molar-refractivity contribution in [2.45, 2.75) is 130 Å². The first kappa shape index (κ1) is 27.1. The van der Waals surface area contributed by atoms with E-state index in [2.05, 4.69) is 20.8 Å². The lowest BCUT2D eigenvalue weighted by molar-refractivity contribution is 0.243. The van der Waals surface area contributed by atoms with Gasteiger partial charge in [0.25, 0.3) is 0 Å². The maximum Gasteiger partial charge on any atom is 0.328 e. The minimum Gasteiger partial charge on any atom is -0.324 e. The third-order valence-electron chi connectivity index (χ3n) is 5.28. The summed E-state index contributed by atoms with van der Waals surface area (Å²) in [4.78, 5) is 9.78. The van der Waals surface area contributed by atoms with Crippen LogP contribution in [0, 0.1) is 5.92 Å². The first-order valence-electron chi connectivity index (χ1n) is 11.9. The van der Waals surface area contributed by atoms with Gasteiger partial charge in [-0.15, -0.1) is 0 Å². The van der Waals surface area contributed by atoms with Gasteiger partial charge in [-0.3, -0.25) is 4.57 Å². The largest absolute Gasteiger partial charge is 0.328 e. The molecule has 1 N–H and O–H groups in total. The summed E-state index contributed by atoms with van der Waals surface area (Å²) in [5.41, 5.74) is 0. The standard InChI is InChI=1S/C23H49O3P/c1-4-5-6-7-8-9-10-11-12-13-14-15-16-17-18-19-22-27(24,25)26-21-20-23(2)3/h23H,4-22H2,1-3H3,(H,24,25). The van der Waals surface area contributed by atoms with Crippen LogP contribution in [0.2, 0.25) is 0 Å². The van der Waals surface area contributed by atoms with Gasteiger partial charge < -0.3 is 9.42 Å². The van der Waals surface area contributed by atoms with Gasteiger partial charge in [0.1, 0.15) is 0 Å². The van der Waals surface area contributed by atoms with Crippen LogP contribution in [0.1, 0.15) is 130 Å². The Morgan fingerprint density at radius 2 is 1.07 bits per heavy atom. The van der Waals surface area contributed by atoms with Gasteiger partial charge >= 0.3 is 7.60 Å². The molecule has 4 heteroatoms. The van der Waals surface area contributed by atoms with Crippen LogP contribution < -0.4 is 0 Å². The molecule has 0 aromatic carbocycles. The molecule has 0 aromatic heterocycles. The molecule has 1 atom stereocenters. The van der Waals surface area contributed by atoms with Crippen molar-refractivity contribution in [2.75, 3.05) is 12.8 Å². The number of rotatable bonds is 21. The van der Waals surface area contributed by atoms with Gasteiger partial charge in [-0.2, -0.15) is 0 Å². The summed E-state index contributed by atoms with van der Waals surface area (Å²) in [6.07, 6.45) is 22.3. The van der Waals surface area contributed by atoms with Crippen LogP contribution in [-0.4, -0.2) is 17.7 Å². The topological polar surface area (TPSA) is 46.5 Å². The molecule has 0 aromatic rings. The van der Waals surface area contributed by atoms with Crippen molar-refractivity contribution < 1.29 is 14.0 Å². The van der Waals surface area contributed by atoms with E-state index >= 15 is 0 Å². The zero-order chi connectivity index (χ0) is 20.2. The summed E-state index contributed by atoms with van der Waals surface area (Å²) >= 11 is 0. The van der Waals surface area contributed by atoms with Gasteiger partial charge in [-0.1, -0.05) is 117 Å². The van der Waals surface area contributed by atoms with Crippen LogP contribution in [0.5, 0.6) is 0 Å². The molecule has 164 valence electrons. The van der Waals surface area contributed by atoms with Crippen molar-refractivity contribution in [1.82, 2.24) is 0 Å². The fourth-order valence-electron chi connectivity index (χ4n) is 3.36. The SMILES string of the molecule is CCCCCCCCCCCCCCCCCCP(=O)(O)OCCC(C)C. The Balaban J connectivity index is 3.23. The van der Waals surface area contributed by atoms with Crippen LogP contribution in [-0.2, 0) is 9.09 Å². The van der Waals surface area contributed by atoms with E-state index in [-0.39, 0.29) is 0 Å². The summed E-state index contributed by atoms with van der Waals surface area (Å²) in [6, 6.07) is 0. The lowest BCUT2D eigenvalue weighted by atomic mass is 10.0. The Labute approximate surface area is 170 Å². The van der Waals surface area contributed by atoms with Gasteiger partial charge in [-0.05, 0) is 18.8 Å². The van der Waals surface area contributed by atoms with Crippen molar-refractivity contribution in [3.63, 3.8) is 0 Å². The smallest absolute Gasteiger partial charge is 0.324 e. The monoisotopic (exact) mass is 404 g/mol. The molecule has 0 aliphatic rings. The number of unbranched alkanes of at least 4 members (excludes halogenated alkanes) is 15. The molecule has 0 rings (SSSR count). The predicted molar refractivity (Wildman–Crippen MR) is 120 cm³/mol. The Kier molecular flexibility index (Phi) is 19.6. The Morgan fingerprint density at radius 1 is 0.704 bits per heavy atom. The molecule has 0 aliphatic carbocycles. The fraction of sp³-hybridized carbons (Fsp3) is 1.00. The summed E-state index contributed by atoms with van der Waals surface area (Å²) in [6.45, 7) is 6.88. The van der Waals surface area contributed by atoms with Crippen LogP contribution in [0.15, 0.2) is 0 Å². The van der Waals surface area contributed by atoms with Gasteiger partial charge in [0, 0.05) is 6.16 Å². The Hall–Kier alpha value is 0.150. The van der Waals surface area contributed by atoms with Crippen molar-refractivity contribution in [1.29, 1.82) is 0 Å². The van der Waals surface area contributed by atoms with Crippen molar-refractivity contribution in [3.8, 4) is 0 Å². The fourth-order valence-corrected chi connectivity index (χ4v) is 4.50. The highest BCUT2D eigenvalue weighted by Crippen LogP contribution is 2.43. The summed E-state index contributed by atoms with van der Waals surface area (Å²) < 4.78 is 17.1. The van der Waals surface area contributed by atoms with Crippen LogP contribution in [0.3, 0.4) is 0 Å². The lowest BCUT2D eigenvalue weighted by Crippen LogP contribution is -2.00. The third-order valence-corrected chi connectivity index (χ3v) is 6.75. The molecule has 0 heterocycles. The zero-order valence-electron chi connectivity index (χ0n) is 18.7. The second-order valence-electron chi connectivity index (χ2n) is 8.68. The number of hydrogen-bond acceptors (Lipinski definition) is 2. The highest BCUT2D eigenvalue weighted by atomic mass is 31.2. The maximum atomic E-state index is 11.9. The van der Waals surface area contributed by atoms with Crippen molar-refractivity contribution in [2.24, 2.45) is 5.92 Å². The minimum absolute atomic E-state index is 0.323. The first-order chi connectivity index (χ1) is 13.0. The van der Waals surface area contributed by atoms with E-state index in [1.54, 1.807) is 0 Å². The summed E-state index contributed by atoms with van der Waals surface area (Å²) in [5, 5.41) is 0. The lowest BCUT2D eigenvalue weighted by Gasteiger charge is -2.13. The molecule has 27 heavy (non-hydrogen) atoms. The first-order valence-corrected chi connectivity index (χ1v) is 13.7. The van der Waals surface area contributed by atoms with E-state index in [9.17, 15) is 9.46 Å². The maximum absolute atomic E-state index is 11.9. The molecule has 0 radical (unpaired) electrons. The van der Waals surface area contributed by atoms with Gasteiger partial charge in [0.2, 0.25) is 0 Å². The van der Waals surface area contributed by atoms with E-state index in [4.69, 9.17) is 4.52 Å². The predicted octanol–water partition coefficient (Wildman–Crippen LogP) is 8.50. The molecule has 0 saturated carbocycles. The van der Waals surface area contributed by atoms with Gasteiger partial charge in [-0.25, -0.2) is 0 Å². The second kappa shape index (κ2) is 19.5. The van der Waals surface area contributed by atoms with E-state index in [0.29, 0.717) is 18.7 Å². The van der Waals surface area contributed by atoms with Gasteiger partial charge in [0.15, 0.2) is 0 Å². The van der Waals surface area contributed by atoms with Crippen LogP contribution >= 0.6 is 7.60 Å². The Morgan fingerprint density at radius 3 is 1.44 bits per heavy atom. The summed E-state index contributed by atoms with van der Waals surface area (Å²) in [5.74, 6) is 0.514. The minimum atomic E-state index is -3.34. The van der Waals surface area contributed by atoms with E-state index < -0.39 is 7.60 Å². The average molecular weight is 405 g/mol. The molecular weight excluding hydrogens is 355 g/mol. The molecular formula is C23H49O3P. The molecule has 0 spiro atoms. The van der Waals surface area contributed by atoms with Crippen LogP contribution in [0.25, 0.3) is 0 Å². The van der Waals surface area contributed by atoms with Crippen molar-refractivity contribution in [3.05, 3.63) is 0 Å². The average Bonchev–Trinajstić information content (AvgIpc) is 2.60. The highest BCUT2D eigenvalue weighted by Gasteiger charge is 2.18. The molecule has 0 amide bonds. The normalized spacial score (nSPS) is 14.0. The quantitative estimate of drug-likeness (QED) is 0.154. The molecule has 1 unspecified atom stereocenters. The van der Waals surface area contributed by atoms with Crippen molar-refractivity contribution >= 4 is 7.60 Å². The summed E-state index contributed by atoms with van der Waals surface area (Å²) in [7, 11) is -3.34. The molecule has 0 fully saturated rings. The number of hydrogen-bond donors (Lipinski definition) is 1. The zero-order valence-corrected chi connectivity index (χ0v) is 19.6. The highest BCUT2D eigenvalue weighted by molar-refractivity contribution is 7.52. The molecule has 0 bridgehead atoms. The molecule has 0 saturated heterocycles. The third kappa shape index (κ3) is 22.3. The Bertz CT molecular complexity index is 345. The van der Waals surface area contributed by atoms with E-state index in [0.717, 1.165) is 19.3 Å². The van der Waals surface area contributed by atoms with Gasteiger partial charge in [0.05, 0.1) is 6.61 Å². The molecule has 0 aliphatic heterocycles. The second-order valence-corrected chi connectivity index (χ2v) is 10.7.